The van der Waals surface area contributed by atoms with Crippen LogP contribution in [0.5, 0.6) is 0 Å². The highest BCUT2D eigenvalue weighted by atomic mass is 14.9. The first kappa shape index (κ1) is 7.79. The normalized spacial score (nSPS) is 10.5. The van der Waals surface area contributed by atoms with Crippen LogP contribution in [0.25, 0.3) is 11.0 Å². The lowest BCUT2D eigenvalue weighted by atomic mass is 10.1. The molecule has 4 N–H and O–H groups in total. The predicted octanol–water partition coefficient (Wildman–Crippen LogP) is 1.45. The number of hydrogen-bond acceptors (Lipinski definition) is 3. The van der Waals surface area contributed by atoms with Crippen LogP contribution in [0.2, 0.25) is 0 Å². The molecule has 1 aromatic heterocycles. The molecule has 4 heteroatoms. The van der Waals surface area contributed by atoms with E-state index in [1.165, 1.54) is 6.21 Å². The quantitative estimate of drug-likeness (QED) is 0.452. The van der Waals surface area contributed by atoms with Gasteiger partial charge in [0.1, 0.15) is 0 Å². The molecule has 0 fully saturated rings. The van der Waals surface area contributed by atoms with Crippen LogP contribution >= 0.6 is 0 Å². The predicted molar refractivity (Wildman–Crippen MR) is 53.1 cm³/mol. The second-order valence-electron chi connectivity index (χ2n) is 2.95. The highest BCUT2D eigenvalue weighted by molar-refractivity contribution is 5.98. The van der Waals surface area contributed by atoms with Crippen molar-refractivity contribution in [1.29, 1.82) is 5.41 Å². The summed E-state index contributed by atoms with van der Waals surface area (Å²) in [5.74, 6) is 0. The lowest BCUT2D eigenvalue weighted by Gasteiger charge is -2.02. The highest BCUT2D eigenvalue weighted by Crippen LogP contribution is 2.23. The monoisotopic (exact) mass is 174 g/mol. The van der Waals surface area contributed by atoms with E-state index < -0.39 is 0 Å². The van der Waals surface area contributed by atoms with Crippen LogP contribution < -0.4 is 5.73 Å². The second-order valence-corrected chi connectivity index (χ2v) is 2.95. The third-order valence-corrected chi connectivity index (χ3v) is 2.19. The van der Waals surface area contributed by atoms with E-state index >= 15 is 0 Å². The van der Waals surface area contributed by atoms with E-state index in [9.17, 15) is 0 Å². The van der Waals surface area contributed by atoms with Crippen molar-refractivity contribution in [3.63, 3.8) is 0 Å². The standard InChI is InChI=1S/C9H10N4/c1-5-7(11)2-6(3-10)9-8(5)12-4-13-9/h2-4,10H,11H2,1H3,(H,12,13). The molecule has 0 aliphatic heterocycles. The smallest absolute Gasteiger partial charge is 0.0974 e. The molecule has 0 atom stereocenters. The summed E-state index contributed by atoms with van der Waals surface area (Å²) in [5, 5.41) is 7.20. The van der Waals surface area contributed by atoms with E-state index in [0.29, 0.717) is 5.69 Å². The minimum Gasteiger partial charge on any atom is -0.398 e. The number of imidazole rings is 1. The molecule has 0 spiro atoms. The van der Waals surface area contributed by atoms with Crippen molar-refractivity contribution in [3.05, 3.63) is 23.5 Å². The molecule has 2 aromatic rings. The summed E-state index contributed by atoms with van der Waals surface area (Å²) < 4.78 is 0. The van der Waals surface area contributed by atoms with Crippen LogP contribution in [0, 0.1) is 12.3 Å². The average Bonchev–Trinajstić information content (AvgIpc) is 2.60. The fraction of sp³-hybridized carbons (Fsp3) is 0.111. The number of rotatable bonds is 1. The molecule has 0 radical (unpaired) electrons. The van der Waals surface area contributed by atoms with E-state index in [1.807, 2.05) is 6.92 Å². The Kier molecular flexibility index (Phi) is 1.55. The Labute approximate surface area is 75.3 Å². The summed E-state index contributed by atoms with van der Waals surface area (Å²) in [5.41, 5.74) is 9.92. The van der Waals surface area contributed by atoms with Gasteiger partial charge in [0.05, 0.1) is 17.4 Å². The first-order valence-electron chi connectivity index (χ1n) is 3.96. The lowest BCUT2D eigenvalue weighted by molar-refractivity contribution is 1.34. The zero-order valence-corrected chi connectivity index (χ0v) is 7.26. The topological polar surface area (TPSA) is 78.6 Å². The van der Waals surface area contributed by atoms with Crippen LogP contribution in [-0.2, 0) is 0 Å². The average molecular weight is 174 g/mol. The number of aromatic amines is 1. The van der Waals surface area contributed by atoms with Crippen molar-refractivity contribution in [3.8, 4) is 0 Å². The number of benzene rings is 1. The molecule has 0 aliphatic rings. The van der Waals surface area contributed by atoms with Gasteiger partial charge in [-0.15, -0.1) is 0 Å². The third kappa shape index (κ3) is 0.989. The summed E-state index contributed by atoms with van der Waals surface area (Å²) >= 11 is 0. The molecule has 66 valence electrons. The first-order chi connectivity index (χ1) is 6.24. The fourth-order valence-electron chi connectivity index (χ4n) is 1.40. The van der Waals surface area contributed by atoms with Crippen molar-refractivity contribution in [2.75, 3.05) is 5.73 Å². The van der Waals surface area contributed by atoms with Gasteiger partial charge >= 0.3 is 0 Å². The number of aromatic nitrogens is 2. The largest absolute Gasteiger partial charge is 0.398 e. The van der Waals surface area contributed by atoms with E-state index in [0.717, 1.165) is 22.2 Å². The fourth-order valence-corrected chi connectivity index (χ4v) is 1.40. The number of nitrogens with two attached hydrogens (primary N) is 1. The maximum absolute atomic E-state index is 7.20. The number of anilines is 1. The van der Waals surface area contributed by atoms with Crippen LogP contribution in [-0.4, -0.2) is 16.2 Å². The van der Waals surface area contributed by atoms with Crippen molar-refractivity contribution >= 4 is 22.9 Å². The second kappa shape index (κ2) is 2.58. The Morgan fingerprint density at radius 1 is 1.62 bits per heavy atom. The summed E-state index contributed by atoms with van der Waals surface area (Å²) in [6.07, 6.45) is 2.88. The van der Waals surface area contributed by atoms with Crippen molar-refractivity contribution in [2.24, 2.45) is 0 Å². The number of nitrogens with zero attached hydrogens (tertiary/aromatic N) is 1. The number of aryl methyl sites for hydroxylation is 1. The Hall–Kier alpha value is -1.84. The molecule has 0 saturated carbocycles. The van der Waals surface area contributed by atoms with Crippen LogP contribution in [0.3, 0.4) is 0 Å². The number of nitrogen functional groups attached to an aromatic ring is 1. The zero-order valence-electron chi connectivity index (χ0n) is 7.26. The molecule has 2 rings (SSSR count). The van der Waals surface area contributed by atoms with Gasteiger partial charge in [0, 0.05) is 17.5 Å². The van der Waals surface area contributed by atoms with E-state index in [-0.39, 0.29) is 0 Å². The molecule has 4 nitrogen and oxygen atoms in total. The molecule has 13 heavy (non-hydrogen) atoms. The molecular weight excluding hydrogens is 164 g/mol. The summed E-state index contributed by atoms with van der Waals surface area (Å²) in [6.45, 7) is 1.93. The van der Waals surface area contributed by atoms with Gasteiger partial charge in [-0.2, -0.15) is 0 Å². The Bertz CT molecular complexity index is 470. The van der Waals surface area contributed by atoms with Crippen LogP contribution in [0.15, 0.2) is 12.4 Å². The van der Waals surface area contributed by atoms with Crippen molar-refractivity contribution < 1.29 is 0 Å². The number of hydrogen-bond donors (Lipinski definition) is 3. The van der Waals surface area contributed by atoms with Gasteiger partial charge in [-0.25, -0.2) is 4.98 Å². The Balaban J connectivity index is 2.95. The molecule has 0 unspecified atom stereocenters. The first-order valence-corrected chi connectivity index (χ1v) is 3.96. The van der Waals surface area contributed by atoms with Gasteiger partial charge in [-0.3, -0.25) is 0 Å². The molecule has 0 bridgehead atoms. The van der Waals surface area contributed by atoms with Gasteiger partial charge in [0.25, 0.3) is 0 Å². The highest BCUT2D eigenvalue weighted by Gasteiger charge is 2.07. The van der Waals surface area contributed by atoms with Crippen LogP contribution in [0.4, 0.5) is 5.69 Å². The summed E-state index contributed by atoms with van der Waals surface area (Å²) in [7, 11) is 0. The van der Waals surface area contributed by atoms with Crippen molar-refractivity contribution in [2.45, 2.75) is 6.92 Å². The van der Waals surface area contributed by atoms with E-state index in [2.05, 4.69) is 9.97 Å². The third-order valence-electron chi connectivity index (χ3n) is 2.19. The number of fused-ring (bicyclic) bond motifs is 1. The van der Waals surface area contributed by atoms with Gasteiger partial charge < -0.3 is 16.1 Å². The molecule has 0 aliphatic carbocycles. The van der Waals surface area contributed by atoms with Crippen molar-refractivity contribution in [1.82, 2.24) is 9.97 Å². The van der Waals surface area contributed by atoms with Crippen LogP contribution in [0.1, 0.15) is 11.1 Å². The van der Waals surface area contributed by atoms with Gasteiger partial charge in [0.2, 0.25) is 0 Å². The van der Waals surface area contributed by atoms with E-state index in [1.54, 1.807) is 12.4 Å². The summed E-state index contributed by atoms with van der Waals surface area (Å²) in [6, 6.07) is 1.77. The van der Waals surface area contributed by atoms with E-state index in [4.69, 9.17) is 11.1 Å². The van der Waals surface area contributed by atoms with Gasteiger partial charge in [0.15, 0.2) is 0 Å². The minimum atomic E-state index is 0.690. The lowest BCUT2D eigenvalue weighted by Crippen LogP contribution is -1.94. The SMILES string of the molecule is Cc1c(N)cc(C=N)c2nc[nH]c12. The maximum Gasteiger partial charge on any atom is 0.0974 e. The Morgan fingerprint density at radius 3 is 3.08 bits per heavy atom. The molecule has 1 aromatic carbocycles. The van der Waals surface area contributed by atoms with Gasteiger partial charge in [-0.1, -0.05) is 0 Å². The summed E-state index contributed by atoms with van der Waals surface area (Å²) in [4.78, 5) is 7.14. The Morgan fingerprint density at radius 2 is 2.38 bits per heavy atom. The molecule has 0 amide bonds. The minimum absolute atomic E-state index is 0.690. The maximum atomic E-state index is 7.20. The molecule has 1 heterocycles. The molecular formula is C9H10N4. The molecule has 0 saturated heterocycles. The number of H-pyrrole nitrogens is 1. The zero-order chi connectivity index (χ0) is 9.42. The number of nitrogens with one attached hydrogen (secondary N) is 2. The van der Waals surface area contributed by atoms with Gasteiger partial charge in [-0.05, 0) is 18.6 Å².